The molecule has 0 spiro atoms. The van der Waals surface area contributed by atoms with E-state index in [0.717, 1.165) is 15.6 Å². The minimum absolute atomic E-state index is 0.0488. The third-order valence-corrected chi connectivity index (χ3v) is 7.72. The fourth-order valence-electron chi connectivity index (χ4n) is 3.16. The Morgan fingerprint density at radius 3 is 2.53 bits per heavy atom. The van der Waals surface area contributed by atoms with Crippen molar-refractivity contribution in [3.63, 3.8) is 0 Å². The quantitative estimate of drug-likeness (QED) is 0.369. The van der Waals surface area contributed by atoms with Gasteiger partial charge in [-0.2, -0.15) is 0 Å². The predicted octanol–water partition coefficient (Wildman–Crippen LogP) is 3.82. The number of carbonyl (C=O) groups is 1. The van der Waals surface area contributed by atoms with Crippen molar-refractivity contribution in [2.75, 3.05) is 25.2 Å². The number of aryl methyl sites for hydroxylation is 1. The minimum Gasteiger partial charge on any atom is -0.461 e. The SMILES string of the molecule is Cc1ccc(S(=O)(=O)N(C)C)cc1NC(=O)CSc1nnc(-c2ccco2)n1-c1ccccc1. The lowest BCUT2D eigenvalue weighted by molar-refractivity contribution is -0.113. The zero-order valence-corrected chi connectivity index (χ0v) is 20.4. The molecule has 0 aliphatic heterocycles. The standard InChI is InChI=1S/C23H23N5O4S2/c1-16-11-12-18(34(30,31)27(2)3)14-19(16)24-21(29)15-33-23-26-25-22(20-10-7-13-32-20)28(23)17-8-5-4-6-9-17/h4-14H,15H2,1-3H3,(H,24,29). The second-order valence-corrected chi connectivity index (χ2v) is 10.6. The summed E-state index contributed by atoms with van der Waals surface area (Å²) in [5.41, 5.74) is 2.03. The Morgan fingerprint density at radius 2 is 1.85 bits per heavy atom. The average Bonchev–Trinajstić information content (AvgIpc) is 3.49. The maximum absolute atomic E-state index is 12.7. The fraction of sp³-hybridized carbons (Fsp3) is 0.174. The van der Waals surface area contributed by atoms with Gasteiger partial charge in [0.15, 0.2) is 10.9 Å². The number of nitrogens with zero attached hydrogens (tertiary/aromatic N) is 4. The molecule has 0 aliphatic rings. The van der Waals surface area contributed by atoms with Gasteiger partial charge in [0.05, 0.1) is 16.9 Å². The van der Waals surface area contributed by atoms with Gasteiger partial charge in [0.1, 0.15) is 0 Å². The summed E-state index contributed by atoms with van der Waals surface area (Å²) in [6.07, 6.45) is 1.56. The van der Waals surface area contributed by atoms with E-state index in [1.54, 1.807) is 31.4 Å². The van der Waals surface area contributed by atoms with Crippen LogP contribution in [-0.4, -0.2) is 53.2 Å². The van der Waals surface area contributed by atoms with Crippen molar-refractivity contribution in [2.45, 2.75) is 17.0 Å². The Hall–Kier alpha value is -3.41. The van der Waals surface area contributed by atoms with Gasteiger partial charge in [-0.25, -0.2) is 12.7 Å². The molecule has 9 nitrogen and oxygen atoms in total. The van der Waals surface area contributed by atoms with E-state index in [-0.39, 0.29) is 16.6 Å². The summed E-state index contributed by atoms with van der Waals surface area (Å²) < 4.78 is 33.4. The first kappa shape index (κ1) is 23.7. The van der Waals surface area contributed by atoms with E-state index in [4.69, 9.17) is 4.42 Å². The van der Waals surface area contributed by atoms with Gasteiger partial charge in [0.2, 0.25) is 21.8 Å². The first-order valence-electron chi connectivity index (χ1n) is 10.3. The number of amides is 1. The summed E-state index contributed by atoms with van der Waals surface area (Å²) in [5, 5.41) is 11.9. The van der Waals surface area contributed by atoms with Crippen LogP contribution in [0.5, 0.6) is 0 Å². The van der Waals surface area contributed by atoms with Crippen LogP contribution >= 0.6 is 11.8 Å². The maximum Gasteiger partial charge on any atom is 0.242 e. The lowest BCUT2D eigenvalue weighted by Gasteiger charge is -2.14. The molecular weight excluding hydrogens is 474 g/mol. The number of aromatic nitrogens is 3. The Kier molecular flexibility index (Phi) is 6.87. The van der Waals surface area contributed by atoms with E-state index in [0.29, 0.717) is 22.4 Å². The number of carbonyl (C=O) groups excluding carboxylic acids is 1. The van der Waals surface area contributed by atoms with E-state index in [1.165, 1.54) is 38.0 Å². The van der Waals surface area contributed by atoms with Crippen molar-refractivity contribution in [3.8, 4) is 17.3 Å². The van der Waals surface area contributed by atoms with Gasteiger partial charge in [-0.1, -0.05) is 36.0 Å². The van der Waals surface area contributed by atoms with Crippen molar-refractivity contribution in [1.29, 1.82) is 0 Å². The van der Waals surface area contributed by atoms with Crippen LogP contribution < -0.4 is 5.32 Å². The second-order valence-electron chi connectivity index (χ2n) is 7.56. The lowest BCUT2D eigenvalue weighted by Crippen LogP contribution is -2.22. The molecular formula is C23H23N5O4S2. The molecule has 0 unspecified atom stereocenters. The number of hydrogen-bond acceptors (Lipinski definition) is 7. The topological polar surface area (TPSA) is 110 Å². The molecule has 0 aliphatic carbocycles. The predicted molar refractivity (Wildman–Crippen MR) is 130 cm³/mol. The molecule has 11 heteroatoms. The van der Waals surface area contributed by atoms with E-state index in [1.807, 2.05) is 34.9 Å². The summed E-state index contributed by atoms with van der Waals surface area (Å²) in [6, 6.07) is 17.8. The number of hydrogen-bond donors (Lipinski definition) is 1. The highest BCUT2D eigenvalue weighted by Gasteiger charge is 2.21. The number of rotatable bonds is 8. The highest BCUT2D eigenvalue weighted by molar-refractivity contribution is 7.99. The number of furan rings is 1. The molecule has 2 heterocycles. The largest absolute Gasteiger partial charge is 0.461 e. The molecule has 0 bridgehead atoms. The Balaban J connectivity index is 1.55. The molecule has 34 heavy (non-hydrogen) atoms. The third-order valence-electron chi connectivity index (χ3n) is 4.98. The normalized spacial score (nSPS) is 11.6. The Bertz CT molecular complexity index is 1400. The monoisotopic (exact) mass is 497 g/mol. The highest BCUT2D eigenvalue weighted by atomic mass is 32.2. The molecule has 176 valence electrons. The number of sulfonamides is 1. The van der Waals surface area contributed by atoms with Crippen LogP contribution in [0.3, 0.4) is 0 Å². The smallest absolute Gasteiger partial charge is 0.242 e. The first-order valence-corrected chi connectivity index (χ1v) is 12.7. The van der Waals surface area contributed by atoms with Crippen LogP contribution in [0.25, 0.3) is 17.3 Å². The summed E-state index contributed by atoms with van der Waals surface area (Å²) in [4.78, 5) is 12.9. The molecule has 0 saturated heterocycles. The zero-order chi connectivity index (χ0) is 24.3. The van der Waals surface area contributed by atoms with Crippen LogP contribution in [0.1, 0.15) is 5.56 Å². The van der Waals surface area contributed by atoms with Gasteiger partial charge in [-0.05, 0) is 48.9 Å². The molecule has 4 aromatic rings. The molecule has 1 amide bonds. The second kappa shape index (κ2) is 9.84. The molecule has 4 rings (SSSR count). The number of para-hydroxylation sites is 1. The number of anilines is 1. The molecule has 2 aromatic carbocycles. The van der Waals surface area contributed by atoms with Crippen LogP contribution in [0.4, 0.5) is 5.69 Å². The Morgan fingerprint density at radius 1 is 1.09 bits per heavy atom. The molecule has 0 radical (unpaired) electrons. The lowest BCUT2D eigenvalue weighted by atomic mass is 10.2. The minimum atomic E-state index is -3.62. The van der Waals surface area contributed by atoms with Crippen molar-refractivity contribution in [2.24, 2.45) is 0 Å². The summed E-state index contributed by atoms with van der Waals surface area (Å²) >= 11 is 1.22. The van der Waals surface area contributed by atoms with Crippen molar-refractivity contribution < 1.29 is 17.6 Å². The molecule has 0 fully saturated rings. The maximum atomic E-state index is 12.7. The van der Waals surface area contributed by atoms with Crippen LogP contribution in [0.15, 0.2) is 81.4 Å². The molecule has 2 aromatic heterocycles. The summed E-state index contributed by atoms with van der Waals surface area (Å²) in [6.45, 7) is 1.80. The van der Waals surface area contributed by atoms with Gasteiger partial charge in [0.25, 0.3) is 0 Å². The van der Waals surface area contributed by atoms with Crippen molar-refractivity contribution in [3.05, 3.63) is 72.5 Å². The molecule has 1 N–H and O–H groups in total. The Labute approximate surface area is 201 Å². The van der Waals surface area contributed by atoms with Crippen LogP contribution in [0.2, 0.25) is 0 Å². The van der Waals surface area contributed by atoms with Gasteiger partial charge in [0, 0.05) is 25.5 Å². The van der Waals surface area contributed by atoms with E-state index in [9.17, 15) is 13.2 Å². The van der Waals surface area contributed by atoms with Crippen molar-refractivity contribution >= 4 is 33.4 Å². The molecule has 0 saturated carbocycles. The zero-order valence-electron chi connectivity index (χ0n) is 18.8. The third kappa shape index (κ3) is 4.91. The number of thioether (sulfide) groups is 1. The molecule has 0 atom stereocenters. The van der Waals surface area contributed by atoms with Crippen molar-refractivity contribution in [1.82, 2.24) is 19.1 Å². The van der Waals surface area contributed by atoms with Gasteiger partial charge >= 0.3 is 0 Å². The van der Waals surface area contributed by atoms with Crippen LogP contribution in [-0.2, 0) is 14.8 Å². The van der Waals surface area contributed by atoms with Gasteiger partial charge in [-0.3, -0.25) is 9.36 Å². The average molecular weight is 498 g/mol. The van der Waals surface area contributed by atoms with Gasteiger partial charge < -0.3 is 9.73 Å². The van der Waals surface area contributed by atoms with E-state index in [2.05, 4.69) is 15.5 Å². The van der Waals surface area contributed by atoms with Gasteiger partial charge in [-0.15, -0.1) is 10.2 Å². The summed E-state index contributed by atoms with van der Waals surface area (Å²) in [5.74, 6) is 0.834. The number of benzene rings is 2. The van der Waals surface area contributed by atoms with E-state index >= 15 is 0 Å². The highest BCUT2D eigenvalue weighted by Crippen LogP contribution is 2.28. The number of nitrogens with one attached hydrogen (secondary N) is 1. The summed E-state index contributed by atoms with van der Waals surface area (Å²) in [7, 11) is -0.691. The van der Waals surface area contributed by atoms with Crippen LogP contribution in [0, 0.1) is 6.92 Å². The fourth-order valence-corrected chi connectivity index (χ4v) is 4.84. The van der Waals surface area contributed by atoms with E-state index < -0.39 is 10.0 Å². The first-order chi connectivity index (χ1) is 16.3.